The Morgan fingerprint density at radius 3 is 1.89 bits per heavy atom. The molecule has 0 amide bonds. The Morgan fingerprint density at radius 1 is 0.926 bits per heavy atom. The fraction of sp³-hybridized carbons (Fsp3) is 0.381. The van der Waals surface area contributed by atoms with E-state index in [0.717, 1.165) is 37.7 Å². The number of halogens is 3. The summed E-state index contributed by atoms with van der Waals surface area (Å²) in [5.74, 6) is 1.47. The molecule has 2 unspecified atom stereocenters. The van der Waals surface area contributed by atoms with Gasteiger partial charge < -0.3 is 9.47 Å². The van der Waals surface area contributed by atoms with Crippen LogP contribution < -0.4 is 9.47 Å². The van der Waals surface area contributed by atoms with Crippen molar-refractivity contribution in [2.45, 2.75) is 45.4 Å². The molecule has 0 fully saturated rings. The molecular formula is C21H23F3O3. The molecule has 0 spiro atoms. The summed E-state index contributed by atoms with van der Waals surface area (Å²) >= 11 is 0. The van der Waals surface area contributed by atoms with Crippen LogP contribution in [0.1, 0.15) is 38.7 Å². The zero-order valence-corrected chi connectivity index (χ0v) is 15.3. The molecule has 0 saturated heterocycles. The van der Waals surface area contributed by atoms with Crippen molar-refractivity contribution in [1.82, 2.24) is 0 Å². The molecular weight excluding hydrogens is 357 g/mol. The van der Waals surface area contributed by atoms with Crippen LogP contribution in [0.2, 0.25) is 0 Å². The molecule has 27 heavy (non-hydrogen) atoms. The van der Waals surface area contributed by atoms with Crippen LogP contribution in [0.3, 0.4) is 0 Å². The van der Waals surface area contributed by atoms with Crippen LogP contribution in [0.4, 0.5) is 13.2 Å². The number of ether oxygens (including phenoxy) is 2. The minimum Gasteiger partial charge on any atom is -0.483 e. The van der Waals surface area contributed by atoms with Crippen molar-refractivity contribution >= 4 is 6.29 Å². The molecule has 2 atom stereocenters. The highest BCUT2D eigenvalue weighted by atomic mass is 19.4. The quantitative estimate of drug-likeness (QED) is 0.481. The lowest BCUT2D eigenvalue weighted by Gasteiger charge is -2.22. The molecule has 0 heterocycles. The monoisotopic (exact) mass is 380 g/mol. The van der Waals surface area contributed by atoms with Gasteiger partial charge in [0.2, 0.25) is 0 Å². The normalized spacial score (nSPS) is 13.7. The van der Waals surface area contributed by atoms with Crippen molar-refractivity contribution in [3.8, 4) is 17.2 Å². The second kappa shape index (κ2) is 9.44. The van der Waals surface area contributed by atoms with Crippen LogP contribution in [-0.2, 0) is 11.0 Å². The van der Waals surface area contributed by atoms with Crippen LogP contribution >= 0.6 is 0 Å². The lowest BCUT2D eigenvalue weighted by atomic mass is 9.95. The molecule has 0 aromatic heterocycles. The van der Waals surface area contributed by atoms with Gasteiger partial charge in [0.25, 0.3) is 0 Å². The van der Waals surface area contributed by atoms with E-state index in [2.05, 4.69) is 6.92 Å². The van der Waals surface area contributed by atoms with Gasteiger partial charge in [-0.25, -0.2) is 0 Å². The van der Waals surface area contributed by atoms with E-state index in [1.807, 2.05) is 6.92 Å². The maximum absolute atomic E-state index is 12.6. The largest absolute Gasteiger partial charge is 0.483 e. The van der Waals surface area contributed by atoms with E-state index in [-0.39, 0.29) is 5.92 Å². The molecule has 0 aliphatic heterocycles. The molecule has 2 rings (SSSR count). The zero-order valence-electron chi connectivity index (χ0n) is 15.3. The number of hydrogen-bond donors (Lipinski definition) is 0. The van der Waals surface area contributed by atoms with Gasteiger partial charge in [-0.15, -0.1) is 0 Å². The van der Waals surface area contributed by atoms with Crippen molar-refractivity contribution < 1.29 is 27.4 Å². The maximum Gasteiger partial charge on any atom is 0.416 e. The number of hydrogen-bond acceptors (Lipinski definition) is 3. The molecule has 2 aromatic carbocycles. The molecule has 146 valence electrons. The predicted octanol–water partition coefficient (Wildman–Crippen LogP) is 6.27. The number of aldehydes is 1. The van der Waals surface area contributed by atoms with Crippen LogP contribution in [0, 0.1) is 5.92 Å². The molecule has 0 saturated carbocycles. The van der Waals surface area contributed by atoms with Crippen molar-refractivity contribution in [2.75, 3.05) is 0 Å². The maximum atomic E-state index is 12.6. The second-order valence-electron chi connectivity index (χ2n) is 6.27. The van der Waals surface area contributed by atoms with Crippen molar-refractivity contribution in [2.24, 2.45) is 5.92 Å². The minimum atomic E-state index is -4.37. The van der Waals surface area contributed by atoms with Crippen LogP contribution in [0.5, 0.6) is 17.2 Å². The second-order valence-corrected chi connectivity index (χ2v) is 6.27. The molecule has 0 bridgehead atoms. The average molecular weight is 380 g/mol. The first-order valence-electron chi connectivity index (χ1n) is 8.94. The Labute approximate surface area is 157 Å². The van der Waals surface area contributed by atoms with Gasteiger partial charge in [-0.3, -0.25) is 4.79 Å². The Morgan fingerprint density at radius 2 is 1.44 bits per heavy atom. The number of alkyl halides is 3. The first-order chi connectivity index (χ1) is 12.9. The van der Waals surface area contributed by atoms with E-state index in [0.29, 0.717) is 17.2 Å². The molecule has 0 N–H and O–H groups in total. The number of benzene rings is 2. The van der Waals surface area contributed by atoms with Gasteiger partial charge in [-0.1, -0.05) is 20.3 Å². The molecule has 2 aromatic rings. The van der Waals surface area contributed by atoms with Crippen molar-refractivity contribution in [3.05, 3.63) is 54.1 Å². The summed E-state index contributed by atoms with van der Waals surface area (Å²) in [5, 5.41) is 0. The summed E-state index contributed by atoms with van der Waals surface area (Å²) in [5.41, 5.74) is -0.726. The van der Waals surface area contributed by atoms with E-state index in [1.54, 1.807) is 24.3 Å². The highest BCUT2D eigenvalue weighted by Gasteiger charge is 2.30. The highest BCUT2D eigenvalue weighted by Crippen LogP contribution is 2.32. The molecule has 3 nitrogen and oxygen atoms in total. The average Bonchev–Trinajstić information content (AvgIpc) is 2.65. The van der Waals surface area contributed by atoms with E-state index >= 15 is 0 Å². The van der Waals surface area contributed by atoms with Crippen LogP contribution in [0.15, 0.2) is 48.5 Å². The standard InChI is InChI=1S/C21H23F3O3/c1-3-5-15(4-2)20(14-25)27-19-12-10-18(11-13-19)26-17-8-6-16(7-9-17)21(22,23)24/h6-15,20H,3-5H2,1-2H3. The third kappa shape index (κ3) is 6.01. The van der Waals surface area contributed by atoms with E-state index in [1.165, 1.54) is 12.1 Å². The molecule has 0 radical (unpaired) electrons. The summed E-state index contributed by atoms with van der Waals surface area (Å²) < 4.78 is 49.1. The van der Waals surface area contributed by atoms with Gasteiger partial charge in [-0.05, 0) is 61.4 Å². The van der Waals surface area contributed by atoms with Gasteiger partial charge in [0.05, 0.1) is 5.56 Å². The molecule has 0 aliphatic rings. The van der Waals surface area contributed by atoms with Crippen molar-refractivity contribution in [3.63, 3.8) is 0 Å². The number of carbonyl (C=O) groups excluding carboxylic acids is 1. The lowest BCUT2D eigenvalue weighted by molar-refractivity contribution is -0.137. The SMILES string of the molecule is CCCC(CC)C(C=O)Oc1ccc(Oc2ccc(C(F)(F)F)cc2)cc1. The summed E-state index contributed by atoms with van der Waals surface area (Å²) in [6.07, 6.45) is -1.30. The van der Waals surface area contributed by atoms with Gasteiger partial charge in [-0.2, -0.15) is 13.2 Å². The minimum absolute atomic E-state index is 0.163. The predicted molar refractivity (Wildman–Crippen MR) is 97.1 cm³/mol. The summed E-state index contributed by atoms with van der Waals surface area (Å²) in [6.45, 7) is 4.10. The molecule has 6 heteroatoms. The molecule has 0 aliphatic carbocycles. The number of rotatable bonds is 9. The highest BCUT2D eigenvalue weighted by molar-refractivity contribution is 5.57. The van der Waals surface area contributed by atoms with Crippen LogP contribution in [-0.4, -0.2) is 12.4 Å². The summed E-state index contributed by atoms with van der Waals surface area (Å²) in [6, 6.07) is 11.1. The van der Waals surface area contributed by atoms with Gasteiger partial charge in [0.1, 0.15) is 17.2 Å². The zero-order chi connectivity index (χ0) is 19.9. The smallest absolute Gasteiger partial charge is 0.416 e. The van der Waals surface area contributed by atoms with Gasteiger partial charge in [0.15, 0.2) is 12.4 Å². The first-order valence-corrected chi connectivity index (χ1v) is 8.94. The Bertz CT molecular complexity index is 709. The first kappa shape index (κ1) is 20.8. The summed E-state index contributed by atoms with van der Waals surface area (Å²) in [4.78, 5) is 11.4. The Balaban J connectivity index is 2.01. The topological polar surface area (TPSA) is 35.5 Å². The van der Waals surface area contributed by atoms with Crippen molar-refractivity contribution in [1.29, 1.82) is 0 Å². The van der Waals surface area contributed by atoms with Crippen LogP contribution in [0.25, 0.3) is 0 Å². The Kier molecular flexibility index (Phi) is 7.28. The Hall–Kier alpha value is -2.50. The van der Waals surface area contributed by atoms with E-state index in [9.17, 15) is 18.0 Å². The van der Waals surface area contributed by atoms with Gasteiger partial charge in [0, 0.05) is 5.92 Å². The fourth-order valence-electron chi connectivity index (χ4n) is 2.80. The summed E-state index contributed by atoms with van der Waals surface area (Å²) in [7, 11) is 0. The lowest BCUT2D eigenvalue weighted by Crippen LogP contribution is -2.28. The van der Waals surface area contributed by atoms with E-state index < -0.39 is 17.8 Å². The third-order valence-electron chi connectivity index (χ3n) is 4.30. The number of carbonyl (C=O) groups is 1. The fourth-order valence-corrected chi connectivity index (χ4v) is 2.80. The van der Waals surface area contributed by atoms with Gasteiger partial charge >= 0.3 is 6.18 Å². The van der Waals surface area contributed by atoms with E-state index in [4.69, 9.17) is 9.47 Å². The third-order valence-corrected chi connectivity index (χ3v) is 4.30.